The summed E-state index contributed by atoms with van der Waals surface area (Å²) >= 11 is 0. The number of nitrogens with zero attached hydrogens (tertiary/aromatic N) is 1. The fourth-order valence-corrected chi connectivity index (χ4v) is 1.56. The van der Waals surface area contributed by atoms with Crippen LogP contribution in [-0.4, -0.2) is 18.2 Å². The first-order chi connectivity index (χ1) is 9.01. The van der Waals surface area contributed by atoms with Crippen LogP contribution in [0.25, 0.3) is 0 Å². The minimum absolute atomic E-state index is 0.0152. The quantitative estimate of drug-likeness (QED) is 0.355. The van der Waals surface area contributed by atoms with Crippen LogP contribution in [0.5, 0.6) is 5.75 Å². The number of nitro groups is 1. The van der Waals surface area contributed by atoms with Crippen molar-refractivity contribution in [3.8, 4) is 5.75 Å². The molecule has 0 saturated heterocycles. The second-order valence-corrected chi connectivity index (χ2v) is 3.79. The molecule has 0 bridgehead atoms. The van der Waals surface area contributed by atoms with Crippen LogP contribution in [0.1, 0.15) is 25.3 Å². The Bertz CT molecular complexity index is 489. The first kappa shape index (κ1) is 14.9. The molecule has 1 rings (SSSR count). The van der Waals surface area contributed by atoms with Crippen LogP contribution in [-0.2, 0) is 11.2 Å². The molecule has 0 heterocycles. The lowest BCUT2D eigenvalue weighted by Crippen LogP contribution is -2.11. The van der Waals surface area contributed by atoms with Crippen LogP contribution in [0.2, 0.25) is 0 Å². The summed E-state index contributed by atoms with van der Waals surface area (Å²) in [6.07, 6.45) is 0.526. The minimum atomic E-state index is -1.12. The standard InChI is InChI=1S/C12H14FNO5/c1-3-4-5-8-9(13)6-7-10(14(16)17)11(8)19-12(15)18-2/h6-7H,3-5H2,1-2H3. The zero-order valence-electron chi connectivity index (χ0n) is 10.6. The monoisotopic (exact) mass is 271 g/mol. The molecule has 0 atom stereocenters. The van der Waals surface area contributed by atoms with Crippen LogP contribution in [0.3, 0.4) is 0 Å². The number of hydrogen-bond acceptors (Lipinski definition) is 5. The summed E-state index contributed by atoms with van der Waals surface area (Å²) in [6, 6.07) is 1.95. The van der Waals surface area contributed by atoms with E-state index in [0.29, 0.717) is 6.42 Å². The second kappa shape index (κ2) is 6.67. The summed E-state index contributed by atoms with van der Waals surface area (Å²) in [5.41, 5.74) is -0.445. The minimum Gasteiger partial charge on any atom is -0.437 e. The van der Waals surface area contributed by atoms with E-state index in [-0.39, 0.29) is 17.7 Å². The maximum Gasteiger partial charge on any atom is 0.513 e. The number of carbonyl (C=O) groups excluding carboxylic acids is 1. The molecule has 0 N–H and O–H groups in total. The van der Waals surface area contributed by atoms with Crippen molar-refractivity contribution in [2.45, 2.75) is 26.2 Å². The van der Waals surface area contributed by atoms with Crippen molar-refractivity contribution < 1.29 is 23.6 Å². The van der Waals surface area contributed by atoms with E-state index in [4.69, 9.17) is 4.74 Å². The topological polar surface area (TPSA) is 78.7 Å². The summed E-state index contributed by atoms with van der Waals surface area (Å²) in [5.74, 6) is -1.02. The van der Waals surface area contributed by atoms with Crippen molar-refractivity contribution in [3.63, 3.8) is 0 Å². The van der Waals surface area contributed by atoms with Crippen LogP contribution >= 0.6 is 0 Å². The van der Waals surface area contributed by atoms with Gasteiger partial charge in [-0.25, -0.2) is 9.18 Å². The highest BCUT2D eigenvalue weighted by molar-refractivity contribution is 5.67. The molecule has 1 aromatic carbocycles. The SMILES string of the molecule is CCCCc1c(F)ccc([N+](=O)[O-])c1OC(=O)OC. The Kier molecular flexibility index (Phi) is 5.23. The van der Waals surface area contributed by atoms with E-state index < -0.39 is 22.6 Å². The van der Waals surface area contributed by atoms with Gasteiger partial charge >= 0.3 is 11.8 Å². The lowest BCUT2D eigenvalue weighted by atomic mass is 10.1. The number of halogens is 1. The molecule has 0 fully saturated rings. The van der Waals surface area contributed by atoms with E-state index in [0.717, 1.165) is 25.7 Å². The molecule has 19 heavy (non-hydrogen) atoms. The zero-order valence-corrected chi connectivity index (χ0v) is 10.6. The lowest BCUT2D eigenvalue weighted by Gasteiger charge is -2.10. The largest absolute Gasteiger partial charge is 0.513 e. The smallest absolute Gasteiger partial charge is 0.437 e. The van der Waals surface area contributed by atoms with E-state index >= 15 is 0 Å². The van der Waals surface area contributed by atoms with Gasteiger partial charge in [-0.15, -0.1) is 0 Å². The molecule has 1 aromatic rings. The number of methoxy groups -OCH3 is 1. The van der Waals surface area contributed by atoms with Crippen LogP contribution < -0.4 is 4.74 Å². The number of rotatable bonds is 5. The normalized spacial score (nSPS) is 10.1. The fraction of sp³-hybridized carbons (Fsp3) is 0.417. The Balaban J connectivity index is 3.27. The van der Waals surface area contributed by atoms with Gasteiger partial charge in [0.2, 0.25) is 5.75 Å². The molecule has 0 unspecified atom stereocenters. The van der Waals surface area contributed by atoms with Gasteiger partial charge in [-0.1, -0.05) is 13.3 Å². The number of hydrogen-bond donors (Lipinski definition) is 0. The third-order valence-electron chi connectivity index (χ3n) is 2.51. The zero-order chi connectivity index (χ0) is 14.4. The molecule has 7 heteroatoms. The molecule has 0 amide bonds. The van der Waals surface area contributed by atoms with Crippen LogP contribution in [0, 0.1) is 15.9 Å². The summed E-state index contributed by atoms with van der Waals surface area (Å²) in [5, 5.41) is 10.9. The Morgan fingerprint density at radius 1 is 1.47 bits per heavy atom. The Morgan fingerprint density at radius 3 is 2.68 bits per heavy atom. The number of ether oxygens (including phenoxy) is 2. The van der Waals surface area contributed by atoms with E-state index in [9.17, 15) is 19.3 Å². The predicted molar refractivity (Wildman–Crippen MR) is 64.7 cm³/mol. The molecule has 0 radical (unpaired) electrons. The predicted octanol–water partition coefficient (Wildman–Crippen LogP) is 3.22. The van der Waals surface area contributed by atoms with Gasteiger partial charge in [-0.3, -0.25) is 10.1 Å². The molecule has 6 nitrogen and oxygen atoms in total. The molecular weight excluding hydrogens is 257 g/mol. The number of benzene rings is 1. The second-order valence-electron chi connectivity index (χ2n) is 3.79. The Hall–Kier alpha value is -2.18. The van der Waals surface area contributed by atoms with Gasteiger partial charge < -0.3 is 9.47 Å². The van der Waals surface area contributed by atoms with Gasteiger partial charge in [0, 0.05) is 11.6 Å². The van der Waals surface area contributed by atoms with Gasteiger partial charge in [-0.2, -0.15) is 0 Å². The lowest BCUT2D eigenvalue weighted by molar-refractivity contribution is -0.385. The van der Waals surface area contributed by atoms with Gasteiger partial charge in [-0.05, 0) is 18.9 Å². The Labute approximate surface area is 109 Å². The number of unbranched alkanes of at least 4 members (excludes halogenated alkanes) is 1. The maximum atomic E-state index is 13.7. The first-order valence-corrected chi connectivity index (χ1v) is 5.72. The van der Waals surface area contributed by atoms with E-state index in [1.54, 1.807) is 0 Å². The molecule has 104 valence electrons. The van der Waals surface area contributed by atoms with Crippen molar-refractivity contribution in [1.82, 2.24) is 0 Å². The molecule has 0 aromatic heterocycles. The molecular formula is C12H14FNO5. The third kappa shape index (κ3) is 3.64. The van der Waals surface area contributed by atoms with Gasteiger partial charge in [0.05, 0.1) is 12.0 Å². The molecule has 0 saturated carbocycles. The van der Waals surface area contributed by atoms with E-state index in [2.05, 4.69) is 4.74 Å². The van der Waals surface area contributed by atoms with Crippen molar-refractivity contribution >= 4 is 11.8 Å². The third-order valence-corrected chi connectivity index (χ3v) is 2.51. The maximum absolute atomic E-state index is 13.7. The molecule has 0 spiro atoms. The number of nitro benzene ring substituents is 1. The highest BCUT2D eigenvalue weighted by Crippen LogP contribution is 2.34. The number of carbonyl (C=O) groups is 1. The highest BCUT2D eigenvalue weighted by atomic mass is 19.1. The molecule has 0 aliphatic rings. The van der Waals surface area contributed by atoms with Gasteiger partial charge in [0.1, 0.15) is 5.82 Å². The van der Waals surface area contributed by atoms with Crippen molar-refractivity contribution in [1.29, 1.82) is 0 Å². The molecule has 0 aliphatic heterocycles. The van der Waals surface area contributed by atoms with E-state index in [1.165, 1.54) is 0 Å². The summed E-state index contributed by atoms with van der Waals surface area (Å²) < 4.78 is 22.7. The first-order valence-electron chi connectivity index (χ1n) is 5.72. The van der Waals surface area contributed by atoms with Crippen LogP contribution in [0.4, 0.5) is 14.9 Å². The Morgan fingerprint density at radius 2 is 2.16 bits per heavy atom. The fourth-order valence-electron chi connectivity index (χ4n) is 1.56. The van der Waals surface area contributed by atoms with Crippen molar-refractivity contribution in [2.24, 2.45) is 0 Å². The highest BCUT2D eigenvalue weighted by Gasteiger charge is 2.25. The van der Waals surface area contributed by atoms with Crippen molar-refractivity contribution in [2.75, 3.05) is 7.11 Å². The van der Waals surface area contributed by atoms with Crippen molar-refractivity contribution in [3.05, 3.63) is 33.6 Å². The average Bonchev–Trinajstić information content (AvgIpc) is 2.37. The molecule has 0 aliphatic carbocycles. The van der Waals surface area contributed by atoms with Gasteiger partial charge in [0.25, 0.3) is 0 Å². The summed E-state index contributed by atoms with van der Waals surface area (Å²) in [4.78, 5) is 21.3. The van der Waals surface area contributed by atoms with E-state index in [1.807, 2.05) is 6.92 Å². The summed E-state index contributed by atoms with van der Waals surface area (Å²) in [6.45, 7) is 1.90. The average molecular weight is 271 g/mol. The van der Waals surface area contributed by atoms with Gasteiger partial charge in [0.15, 0.2) is 0 Å². The van der Waals surface area contributed by atoms with Crippen LogP contribution in [0.15, 0.2) is 12.1 Å². The summed E-state index contributed by atoms with van der Waals surface area (Å²) in [7, 11) is 1.07.